The third-order valence-corrected chi connectivity index (χ3v) is 2.26. The van der Waals surface area contributed by atoms with Crippen molar-refractivity contribution in [3.05, 3.63) is 0 Å². The number of alkyl halides is 1. The van der Waals surface area contributed by atoms with Gasteiger partial charge in [0.2, 0.25) is 0 Å². The van der Waals surface area contributed by atoms with Crippen LogP contribution in [0.3, 0.4) is 0 Å². The van der Waals surface area contributed by atoms with Crippen LogP contribution < -0.4 is 0 Å². The van der Waals surface area contributed by atoms with Gasteiger partial charge in [-0.2, -0.15) is 0 Å². The summed E-state index contributed by atoms with van der Waals surface area (Å²) in [4.78, 5) is 13.9. The molecule has 4 heteroatoms. The number of nitrogens with zero attached hydrogens (tertiary/aromatic N) is 1. The predicted octanol–water partition coefficient (Wildman–Crippen LogP) is 1.41. The summed E-state index contributed by atoms with van der Waals surface area (Å²) >= 11 is 3.46. The first-order valence-corrected chi connectivity index (χ1v) is 5.36. The molecule has 1 heterocycles. The molecule has 0 radical (unpaired) electrons. The highest BCUT2D eigenvalue weighted by atomic mass is 79.9. The third-order valence-electron chi connectivity index (χ3n) is 1.69. The highest BCUT2D eigenvalue weighted by Crippen LogP contribution is 2.16. The second-order valence-corrected chi connectivity index (χ2v) is 5.67. The number of carbonyl (C=O) groups excluding carboxylic acids is 1. The van der Waals surface area contributed by atoms with Crippen LogP contribution in [-0.2, 0) is 9.53 Å². The minimum atomic E-state index is -0.365. The number of hydrogen-bond acceptors (Lipinski definition) is 3. The molecule has 1 aliphatic rings. The maximum atomic E-state index is 11.3. The molecule has 1 aliphatic heterocycles. The Morgan fingerprint density at radius 3 is 2.46 bits per heavy atom. The fraction of sp³-hybridized carbons (Fsp3) is 0.889. The zero-order valence-corrected chi connectivity index (χ0v) is 9.93. The summed E-state index contributed by atoms with van der Waals surface area (Å²) in [5.74, 6) is -0.132. The molecule has 0 unspecified atom stereocenters. The molecule has 0 aromatic rings. The first-order chi connectivity index (χ1) is 5.87. The van der Waals surface area contributed by atoms with E-state index in [1.165, 1.54) is 0 Å². The Balaban J connectivity index is 2.19. The van der Waals surface area contributed by atoms with Crippen LogP contribution in [0.25, 0.3) is 0 Å². The molecule has 3 nitrogen and oxygen atoms in total. The average molecular weight is 250 g/mol. The van der Waals surface area contributed by atoms with E-state index in [2.05, 4.69) is 20.8 Å². The molecular weight excluding hydrogens is 234 g/mol. The molecule has 0 saturated carbocycles. The molecule has 0 atom stereocenters. The highest BCUT2D eigenvalue weighted by Gasteiger charge is 2.27. The summed E-state index contributed by atoms with van der Waals surface area (Å²) in [5, 5.41) is 0. The number of likely N-dealkylation sites (tertiary alicyclic amines) is 1. The first-order valence-electron chi connectivity index (χ1n) is 4.45. The van der Waals surface area contributed by atoms with Crippen molar-refractivity contribution in [1.29, 1.82) is 0 Å². The van der Waals surface area contributed by atoms with Crippen LogP contribution in [0.5, 0.6) is 0 Å². The van der Waals surface area contributed by atoms with Gasteiger partial charge in [0, 0.05) is 17.9 Å². The molecule has 0 amide bonds. The summed E-state index contributed by atoms with van der Waals surface area (Å²) < 4.78 is 5.18. The number of ether oxygens (including phenoxy) is 1. The van der Waals surface area contributed by atoms with E-state index >= 15 is 0 Å². The zero-order valence-electron chi connectivity index (χ0n) is 8.34. The monoisotopic (exact) mass is 249 g/mol. The number of halogens is 1. The van der Waals surface area contributed by atoms with Gasteiger partial charge in [0.25, 0.3) is 0 Å². The van der Waals surface area contributed by atoms with E-state index < -0.39 is 0 Å². The summed E-state index contributed by atoms with van der Waals surface area (Å²) in [6.07, 6.45) is 0. The van der Waals surface area contributed by atoms with Crippen LogP contribution in [0, 0.1) is 0 Å². The average Bonchev–Trinajstić information content (AvgIpc) is 1.79. The van der Waals surface area contributed by atoms with Crippen molar-refractivity contribution < 1.29 is 9.53 Å². The van der Waals surface area contributed by atoms with E-state index in [4.69, 9.17) is 4.74 Å². The fourth-order valence-corrected chi connectivity index (χ4v) is 2.01. The Labute approximate surface area is 87.6 Å². The Morgan fingerprint density at radius 1 is 1.54 bits per heavy atom. The predicted molar refractivity (Wildman–Crippen MR) is 55.0 cm³/mol. The van der Waals surface area contributed by atoms with Gasteiger partial charge in [0.1, 0.15) is 5.60 Å². The molecule has 0 aromatic heterocycles. The molecule has 1 rings (SSSR count). The number of carbonyl (C=O) groups is 1. The molecule has 1 saturated heterocycles. The van der Waals surface area contributed by atoms with Gasteiger partial charge in [0.15, 0.2) is 0 Å². The van der Waals surface area contributed by atoms with Gasteiger partial charge in [-0.3, -0.25) is 9.69 Å². The molecular formula is C9H16BrNO2. The van der Waals surface area contributed by atoms with Crippen LogP contribution in [0.1, 0.15) is 20.8 Å². The molecule has 1 fully saturated rings. The minimum Gasteiger partial charge on any atom is -0.459 e. The summed E-state index contributed by atoms with van der Waals surface area (Å²) in [6, 6.07) is 0. The van der Waals surface area contributed by atoms with E-state index in [1.54, 1.807) is 0 Å². The van der Waals surface area contributed by atoms with Gasteiger partial charge < -0.3 is 4.74 Å². The van der Waals surface area contributed by atoms with Crippen LogP contribution in [0.2, 0.25) is 0 Å². The second-order valence-electron chi connectivity index (χ2n) is 4.38. The number of esters is 1. The van der Waals surface area contributed by atoms with Gasteiger partial charge in [-0.15, -0.1) is 0 Å². The van der Waals surface area contributed by atoms with Crippen molar-refractivity contribution in [2.45, 2.75) is 31.2 Å². The van der Waals surface area contributed by atoms with Crippen molar-refractivity contribution in [3.8, 4) is 0 Å². The van der Waals surface area contributed by atoms with Crippen molar-refractivity contribution >= 4 is 21.9 Å². The maximum Gasteiger partial charge on any atom is 0.320 e. The van der Waals surface area contributed by atoms with E-state index in [1.807, 2.05) is 20.8 Å². The Kier molecular flexibility index (Phi) is 3.35. The molecule has 13 heavy (non-hydrogen) atoms. The van der Waals surface area contributed by atoms with Crippen LogP contribution in [0.15, 0.2) is 0 Å². The van der Waals surface area contributed by atoms with Gasteiger partial charge in [-0.05, 0) is 20.8 Å². The normalized spacial score (nSPS) is 19.7. The zero-order chi connectivity index (χ0) is 10.1. The summed E-state index contributed by atoms with van der Waals surface area (Å²) in [7, 11) is 0. The van der Waals surface area contributed by atoms with Crippen molar-refractivity contribution in [3.63, 3.8) is 0 Å². The lowest BCUT2D eigenvalue weighted by molar-refractivity contribution is -0.156. The molecule has 0 aromatic carbocycles. The largest absolute Gasteiger partial charge is 0.459 e. The van der Waals surface area contributed by atoms with Crippen LogP contribution in [-0.4, -0.2) is 40.9 Å². The standard InChI is InChI=1S/C9H16BrNO2/c1-9(2,3)13-8(12)6-11-4-7(10)5-11/h7H,4-6H2,1-3H3. The Hall–Kier alpha value is -0.0900. The molecule has 0 bridgehead atoms. The van der Waals surface area contributed by atoms with Gasteiger partial charge in [0.05, 0.1) is 6.54 Å². The molecule has 0 aliphatic carbocycles. The fourth-order valence-electron chi connectivity index (χ4n) is 1.19. The Morgan fingerprint density at radius 2 is 2.08 bits per heavy atom. The van der Waals surface area contributed by atoms with Gasteiger partial charge in [-0.1, -0.05) is 15.9 Å². The van der Waals surface area contributed by atoms with E-state index in [0.29, 0.717) is 11.4 Å². The van der Waals surface area contributed by atoms with Gasteiger partial charge >= 0.3 is 5.97 Å². The highest BCUT2D eigenvalue weighted by molar-refractivity contribution is 9.09. The summed E-state index contributed by atoms with van der Waals surface area (Å²) in [6.45, 7) is 7.95. The summed E-state index contributed by atoms with van der Waals surface area (Å²) in [5.41, 5.74) is -0.365. The lowest BCUT2D eigenvalue weighted by Gasteiger charge is -2.35. The number of rotatable bonds is 2. The third kappa shape index (κ3) is 4.09. The number of hydrogen-bond donors (Lipinski definition) is 0. The second kappa shape index (κ2) is 3.96. The molecule has 0 N–H and O–H groups in total. The smallest absolute Gasteiger partial charge is 0.320 e. The van der Waals surface area contributed by atoms with Crippen LogP contribution in [0.4, 0.5) is 0 Å². The SMILES string of the molecule is CC(C)(C)OC(=O)CN1CC(Br)C1. The lowest BCUT2D eigenvalue weighted by atomic mass is 10.2. The van der Waals surface area contributed by atoms with E-state index in [0.717, 1.165) is 13.1 Å². The Bertz CT molecular complexity index is 194. The van der Waals surface area contributed by atoms with Gasteiger partial charge in [-0.25, -0.2) is 0 Å². The van der Waals surface area contributed by atoms with Crippen molar-refractivity contribution in [2.24, 2.45) is 0 Å². The molecule has 0 spiro atoms. The molecule has 76 valence electrons. The first kappa shape index (κ1) is 11.0. The maximum absolute atomic E-state index is 11.3. The van der Waals surface area contributed by atoms with Crippen LogP contribution >= 0.6 is 15.9 Å². The van der Waals surface area contributed by atoms with E-state index in [9.17, 15) is 4.79 Å². The van der Waals surface area contributed by atoms with E-state index in [-0.39, 0.29) is 11.6 Å². The minimum absolute atomic E-state index is 0.132. The topological polar surface area (TPSA) is 29.5 Å². The van der Waals surface area contributed by atoms with Crippen molar-refractivity contribution in [1.82, 2.24) is 4.90 Å². The van der Waals surface area contributed by atoms with Crippen molar-refractivity contribution in [2.75, 3.05) is 19.6 Å². The lowest BCUT2D eigenvalue weighted by Crippen LogP contribution is -2.50. The quantitative estimate of drug-likeness (QED) is 0.548.